The SMILES string of the molecule is C=CCN=NCC. The first-order valence-electron chi connectivity index (χ1n) is 2.36. The van der Waals surface area contributed by atoms with Crippen molar-refractivity contribution in [1.82, 2.24) is 0 Å². The highest BCUT2D eigenvalue weighted by molar-refractivity contribution is 4.67. The zero-order valence-corrected chi connectivity index (χ0v) is 4.59. The smallest absolute Gasteiger partial charge is 0.0777 e. The molecule has 0 saturated carbocycles. The van der Waals surface area contributed by atoms with Crippen molar-refractivity contribution in [3.8, 4) is 0 Å². The molecule has 40 valence electrons. The average Bonchev–Trinajstić information content (AvgIpc) is 1.69. The van der Waals surface area contributed by atoms with Crippen LogP contribution in [0.3, 0.4) is 0 Å². The van der Waals surface area contributed by atoms with Gasteiger partial charge in [-0.15, -0.1) is 6.58 Å². The van der Waals surface area contributed by atoms with E-state index < -0.39 is 0 Å². The summed E-state index contributed by atoms with van der Waals surface area (Å²) in [6.45, 7) is 6.85. The van der Waals surface area contributed by atoms with E-state index in [1.54, 1.807) is 6.08 Å². The molecule has 0 radical (unpaired) electrons. The largest absolute Gasteiger partial charge is 0.194 e. The highest BCUT2D eigenvalue weighted by Gasteiger charge is 1.63. The van der Waals surface area contributed by atoms with Gasteiger partial charge in [-0.25, -0.2) is 0 Å². The molecule has 0 saturated heterocycles. The van der Waals surface area contributed by atoms with Gasteiger partial charge in [0.15, 0.2) is 0 Å². The van der Waals surface area contributed by atoms with Gasteiger partial charge in [-0.3, -0.25) is 0 Å². The summed E-state index contributed by atoms with van der Waals surface area (Å²) in [6.07, 6.45) is 1.72. The van der Waals surface area contributed by atoms with Gasteiger partial charge in [0.05, 0.1) is 13.1 Å². The fourth-order valence-corrected chi connectivity index (χ4v) is 0.215. The number of hydrogen-bond acceptors (Lipinski definition) is 2. The summed E-state index contributed by atoms with van der Waals surface area (Å²) in [5.41, 5.74) is 0. The van der Waals surface area contributed by atoms with E-state index in [9.17, 15) is 0 Å². The van der Waals surface area contributed by atoms with Crippen molar-refractivity contribution in [1.29, 1.82) is 0 Å². The predicted octanol–water partition coefficient (Wildman–Crippen LogP) is 1.64. The molecule has 0 aliphatic carbocycles. The van der Waals surface area contributed by atoms with Crippen LogP contribution in [-0.4, -0.2) is 13.1 Å². The number of rotatable bonds is 3. The normalized spacial score (nSPS) is 9.86. The third-order valence-corrected chi connectivity index (χ3v) is 0.452. The average molecular weight is 98.1 g/mol. The summed E-state index contributed by atoms with van der Waals surface area (Å²) in [7, 11) is 0. The van der Waals surface area contributed by atoms with E-state index in [4.69, 9.17) is 0 Å². The van der Waals surface area contributed by atoms with Crippen LogP contribution in [0.2, 0.25) is 0 Å². The minimum absolute atomic E-state index is 0.647. The van der Waals surface area contributed by atoms with E-state index in [-0.39, 0.29) is 0 Å². The Morgan fingerprint density at radius 1 is 1.57 bits per heavy atom. The second kappa shape index (κ2) is 5.34. The van der Waals surface area contributed by atoms with Crippen molar-refractivity contribution in [3.05, 3.63) is 12.7 Å². The van der Waals surface area contributed by atoms with Crippen molar-refractivity contribution in [2.75, 3.05) is 13.1 Å². The Kier molecular flexibility index (Phi) is 4.84. The van der Waals surface area contributed by atoms with Gasteiger partial charge in [0.25, 0.3) is 0 Å². The molecular weight excluding hydrogens is 88.1 g/mol. The lowest BCUT2D eigenvalue weighted by molar-refractivity contribution is 0.937. The zero-order valence-electron chi connectivity index (χ0n) is 4.59. The molecule has 7 heavy (non-hydrogen) atoms. The lowest BCUT2D eigenvalue weighted by Crippen LogP contribution is -1.67. The lowest BCUT2D eigenvalue weighted by Gasteiger charge is -1.76. The van der Waals surface area contributed by atoms with Gasteiger partial charge >= 0.3 is 0 Å². The molecule has 0 unspecified atom stereocenters. The molecule has 0 aromatic rings. The second-order valence-corrected chi connectivity index (χ2v) is 1.07. The third-order valence-electron chi connectivity index (χ3n) is 0.452. The summed E-state index contributed by atoms with van der Waals surface area (Å²) in [4.78, 5) is 0. The third kappa shape index (κ3) is 5.34. The van der Waals surface area contributed by atoms with E-state index in [0.29, 0.717) is 6.54 Å². The standard InChI is InChI=1S/C5H10N2/c1-3-5-7-6-4-2/h3H,1,4-5H2,2H3. The molecule has 0 bridgehead atoms. The molecule has 2 nitrogen and oxygen atoms in total. The van der Waals surface area contributed by atoms with Crippen LogP contribution in [0.25, 0.3) is 0 Å². The van der Waals surface area contributed by atoms with Crippen molar-refractivity contribution in [3.63, 3.8) is 0 Å². The Balaban J connectivity index is 2.92. The van der Waals surface area contributed by atoms with Crippen LogP contribution in [0, 0.1) is 0 Å². The van der Waals surface area contributed by atoms with Crippen molar-refractivity contribution < 1.29 is 0 Å². The number of nitrogens with zero attached hydrogens (tertiary/aromatic N) is 2. The minimum Gasteiger partial charge on any atom is -0.194 e. The Morgan fingerprint density at radius 2 is 2.29 bits per heavy atom. The Hall–Kier alpha value is -0.660. The van der Waals surface area contributed by atoms with Crippen LogP contribution < -0.4 is 0 Å². The molecule has 0 atom stereocenters. The molecule has 0 aliphatic rings. The molecule has 0 aliphatic heterocycles. The molecular formula is C5H10N2. The summed E-state index contributed by atoms with van der Waals surface area (Å²) in [5.74, 6) is 0. The number of hydrogen-bond donors (Lipinski definition) is 0. The summed E-state index contributed by atoms with van der Waals surface area (Å²) in [5, 5.41) is 7.43. The van der Waals surface area contributed by atoms with Gasteiger partial charge in [-0.05, 0) is 6.92 Å². The van der Waals surface area contributed by atoms with Gasteiger partial charge < -0.3 is 0 Å². The fourth-order valence-electron chi connectivity index (χ4n) is 0.215. The van der Waals surface area contributed by atoms with E-state index in [2.05, 4.69) is 16.8 Å². The molecule has 0 aromatic carbocycles. The van der Waals surface area contributed by atoms with Crippen molar-refractivity contribution in [2.24, 2.45) is 10.2 Å². The first-order chi connectivity index (χ1) is 3.41. The molecule has 2 heteroatoms. The highest BCUT2D eigenvalue weighted by atomic mass is 15.1. The Morgan fingerprint density at radius 3 is 2.71 bits per heavy atom. The maximum absolute atomic E-state index is 3.72. The maximum atomic E-state index is 3.72. The van der Waals surface area contributed by atoms with Crippen LogP contribution in [0.4, 0.5) is 0 Å². The summed E-state index contributed by atoms with van der Waals surface area (Å²) < 4.78 is 0. The van der Waals surface area contributed by atoms with Crippen LogP contribution >= 0.6 is 0 Å². The second-order valence-electron chi connectivity index (χ2n) is 1.07. The van der Waals surface area contributed by atoms with E-state index in [0.717, 1.165) is 6.54 Å². The van der Waals surface area contributed by atoms with E-state index in [1.165, 1.54) is 0 Å². The quantitative estimate of drug-likeness (QED) is 0.378. The zero-order chi connectivity index (χ0) is 5.54. The van der Waals surface area contributed by atoms with Crippen LogP contribution in [-0.2, 0) is 0 Å². The summed E-state index contributed by atoms with van der Waals surface area (Å²) in [6, 6.07) is 0. The van der Waals surface area contributed by atoms with Gasteiger partial charge in [0, 0.05) is 0 Å². The summed E-state index contributed by atoms with van der Waals surface area (Å²) >= 11 is 0. The molecule has 0 amide bonds. The number of azo groups is 1. The van der Waals surface area contributed by atoms with Crippen molar-refractivity contribution >= 4 is 0 Å². The molecule has 0 rings (SSSR count). The van der Waals surface area contributed by atoms with E-state index >= 15 is 0 Å². The molecule has 0 fully saturated rings. The fraction of sp³-hybridized carbons (Fsp3) is 0.600. The van der Waals surface area contributed by atoms with Crippen LogP contribution in [0.1, 0.15) is 6.92 Å². The van der Waals surface area contributed by atoms with E-state index in [1.807, 2.05) is 6.92 Å². The van der Waals surface area contributed by atoms with Gasteiger partial charge in [-0.1, -0.05) is 6.08 Å². The van der Waals surface area contributed by atoms with Gasteiger partial charge in [-0.2, -0.15) is 10.2 Å². The van der Waals surface area contributed by atoms with Gasteiger partial charge in [0.1, 0.15) is 0 Å². The first kappa shape index (κ1) is 6.34. The monoisotopic (exact) mass is 98.1 g/mol. The van der Waals surface area contributed by atoms with Crippen molar-refractivity contribution in [2.45, 2.75) is 6.92 Å². The molecule has 0 N–H and O–H groups in total. The van der Waals surface area contributed by atoms with Gasteiger partial charge in [0.2, 0.25) is 0 Å². The predicted molar refractivity (Wildman–Crippen MR) is 30.5 cm³/mol. The van der Waals surface area contributed by atoms with Crippen LogP contribution in [0.5, 0.6) is 0 Å². The molecule has 0 aromatic heterocycles. The molecule has 0 heterocycles. The Labute approximate surface area is 44.0 Å². The first-order valence-corrected chi connectivity index (χ1v) is 2.36. The maximum Gasteiger partial charge on any atom is 0.0777 e. The Bertz CT molecular complexity index is 66.5. The minimum atomic E-state index is 0.647. The lowest BCUT2D eigenvalue weighted by atomic mass is 10.7. The topological polar surface area (TPSA) is 24.7 Å². The van der Waals surface area contributed by atoms with Crippen LogP contribution in [0.15, 0.2) is 22.9 Å². The highest BCUT2D eigenvalue weighted by Crippen LogP contribution is 1.73. The molecule has 0 spiro atoms.